The van der Waals surface area contributed by atoms with E-state index < -0.39 is 30.0 Å². The van der Waals surface area contributed by atoms with Gasteiger partial charge in [-0.2, -0.15) is 0 Å². The van der Waals surface area contributed by atoms with Crippen LogP contribution in [0.25, 0.3) is 0 Å². The number of rotatable bonds is 7. The number of hydrogen-bond acceptors (Lipinski definition) is 5. The Labute approximate surface area is 114 Å². The van der Waals surface area contributed by atoms with E-state index in [2.05, 4.69) is 5.32 Å². The van der Waals surface area contributed by atoms with Gasteiger partial charge in [0.2, 0.25) is 0 Å². The molecule has 0 aliphatic heterocycles. The van der Waals surface area contributed by atoms with Gasteiger partial charge in [-0.3, -0.25) is 4.79 Å². The zero-order chi connectivity index (χ0) is 16.1. The van der Waals surface area contributed by atoms with Gasteiger partial charge in [0.1, 0.15) is 6.04 Å². The number of urea groups is 1. The average Bonchev–Trinajstić information content (AvgIpc) is 2.32. The topological polar surface area (TPSA) is 193 Å². The summed E-state index contributed by atoms with van der Waals surface area (Å²) in [5, 5.41) is 26.3. The zero-order valence-electron chi connectivity index (χ0n) is 10.5. The van der Waals surface area contributed by atoms with E-state index in [1.165, 1.54) is 0 Å². The minimum absolute atomic E-state index is 0.329. The molecule has 0 radical (unpaired) electrons. The quantitative estimate of drug-likeness (QED) is 0.242. The van der Waals surface area contributed by atoms with Gasteiger partial charge < -0.3 is 32.1 Å². The van der Waals surface area contributed by atoms with E-state index >= 15 is 0 Å². The van der Waals surface area contributed by atoms with Crippen molar-refractivity contribution in [2.45, 2.75) is 18.9 Å². The number of nitrogens with one attached hydrogen (secondary N) is 1. The minimum atomic E-state index is -1.26. The molecule has 0 aromatic rings. The van der Waals surface area contributed by atoms with Gasteiger partial charge in [0.25, 0.3) is 0 Å². The summed E-state index contributed by atoms with van der Waals surface area (Å²) in [4.78, 5) is 39.4. The van der Waals surface area contributed by atoms with E-state index in [0.717, 1.165) is 0 Å². The Morgan fingerprint density at radius 3 is 1.80 bits per heavy atom. The van der Waals surface area contributed by atoms with Crippen LogP contribution in [0.5, 0.6) is 0 Å². The highest BCUT2D eigenvalue weighted by Gasteiger charge is 2.09. The Kier molecular flexibility index (Phi) is 11.3. The van der Waals surface area contributed by atoms with Crippen molar-refractivity contribution in [3.63, 3.8) is 0 Å². The third-order valence-corrected chi connectivity index (χ3v) is 1.68. The molecular formula is C10H17N3O7. The summed E-state index contributed by atoms with van der Waals surface area (Å²) in [7, 11) is 0. The summed E-state index contributed by atoms with van der Waals surface area (Å²) in [5.41, 5.74) is 9.96. The summed E-state index contributed by atoms with van der Waals surface area (Å²) >= 11 is 0. The number of carbonyl (C=O) groups is 4. The molecule has 0 saturated carbocycles. The van der Waals surface area contributed by atoms with Crippen LogP contribution in [-0.2, 0) is 14.4 Å². The second kappa shape index (κ2) is 11.5. The molecule has 0 bridgehead atoms. The van der Waals surface area contributed by atoms with Gasteiger partial charge in [-0.25, -0.2) is 14.4 Å². The van der Waals surface area contributed by atoms with Crippen molar-refractivity contribution in [1.82, 2.24) is 5.32 Å². The fourth-order valence-electron chi connectivity index (χ4n) is 0.800. The fraction of sp³-hybridized carbons (Fsp3) is 0.400. The molecule has 0 aromatic heterocycles. The van der Waals surface area contributed by atoms with Crippen LogP contribution >= 0.6 is 0 Å². The molecule has 20 heavy (non-hydrogen) atoms. The monoisotopic (exact) mass is 291 g/mol. The van der Waals surface area contributed by atoms with Crippen molar-refractivity contribution in [3.8, 4) is 0 Å². The van der Waals surface area contributed by atoms with Gasteiger partial charge in [-0.1, -0.05) is 0 Å². The third kappa shape index (κ3) is 17.8. The van der Waals surface area contributed by atoms with Gasteiger partial charge in [-0.05, 0) is 12.8 Å². The van der Waals surface area contributed by atoms with Crippen LogP contribution in [0.1, 0.15) is 12.8 Å². The first-order chi connectivity index (χ1) is 9.16. The van der Waals surface area contributed by atoms with Crippen molar-refractivity contribution in [3.05, 3.63) is 12.2 Å². The van der Waals surface area contributed by atoms with Crippen LogP contribution in [0.15, 0.2) is 12.2 Å². The molecular weight excluding hydrogens is 274 g/mol. The maximum Gasteiger partial charge on any atom is 0.328 e. The lowest BCUT2D eigenvalue weighted by Crippen LogP contribution is -2.33. The molecule has 0 aliphatic carbocycles. The van der Waals surface area contributed by atoms with Crippen LogP contribution in [0.4, 0.5) is 4.79 Å². The van der Waals surface area contributed by atoms with Crippen LogP contribution in [0, 0.1) is 0 Å². The van der Waals surface area contributed by atoms with Gasteiger partial charge in [0.15, 0.2) is 0 Å². The van der Waals surface area contributed by atoms with Gasteiger partial charge in [0.05, 0.1) is 0 Å². The van der Waals surface area contributed by atoms with Crippen molar-refractivity contribution in [2.24, 2.45) is 11.5 Å². The van der Waals surface area contributed by atoms with Crippen LogP contribution < -0.4 is 16.8 Å². The molecule has 0 aromatic carbocycles. The smallest absolute Gasteiger partial charge is 0.328 e. The number of carboxylic acid groups (broad SMARTS) is 3. The Hall–Kier alpha value is -2.62. The molecule has 0 heterocycles. The molecule has 0 spiro atoms. The number of amides is 2. The van der Waals surface area contributed by atoms with Crippen LogP contribution in [0.3, 0.4) is 0 Å². The van der Waals surface area contributed by atoms with E-state index in [0.29, 0.717) is 31.5 Å². The predicted octanol–water partition coefficient (Wildman–Crippen LogP) is -1.44. The normalized spacial score (nSPS) is 11.1. The first-order valence-corrected chi connectivity index (χ1v) is 5.32. The predicted molar refractivity (Wildman–Crippen MR) is 66.8 cm³/mol. The number of hydrogen-bond donors (Lipinski definition) is 6. The lowest BCUT2D eigenvalue weighted by Gasteiger charge is -2.05. The first-order valence-electron chi connectivity index (χ1n) is 5.32. The lowest BCUT2D eigenvalue weighted by molar-refractivity contribution is -0.138. The van der Waals surface area contributed by atoms with Gasteiger partial charge in [-0.15, -0.1) is 0 Å². The second-order valence-electron chi connectivity index (χ2n) is 3.39. The van der Waals surface area contributed by atoms with Gasteiger partial charge in [0, 0.05) is 18.7 Å². The first kappa shape index (κ1) is 19.7. The lowest BCUT2D eigenvalue weighted by atomic mass is 10.2. The molecule has 10 heteroatoms. The molecule has 0 aliphatic rings. The highest BCUT2D eigenvalue weighted by molar-refractivity contribution is 5.89. The molecule has 0 fully saturated rings. The zero-order valence-corrected chi connectivity index (χ0v) is 10.5. The second-order valence-corrected chi connectivity index (χ2v) is 3.39. The molecule has 1 unspecified atom stereocenters. The maximum absolute atomic E-state index is 10.2. The standard InChI is InChI=1S/C6H13N3O3.C4H4O4/c7-4(5(10)11)2-1-3-9-6(8)12;5-3(6)1-2-4(7)8/h4H,1-3,7H2,(H,10,11)(H3,8,9,12);1-2H,(H,5,6)(H,7,8)/b;2-1-. The molecule has 10 nitrogen and oxygen atoms in total. The third-order valence-electron chi connectivity index (χ3n) is 1.68. The van der Waals surface area contributed by atoms with Crippen molar-refractivity contribution >= 4 is 23.9 Å². The SMILES string of the molecule is NC(=O)NCCCC(N)C(=O)O.O=C(O)/C=C\C(=O)O. The van der Waals surface area contributed by atoms with Gasteiger partial charge >= 0.3 is 23.9 Å². The van der Waals surface area contributed by atoms with Crippen molar-refractivity contribution < 1.29 is 34.5 Å². The Morgan fingerprint density at radius 1 is 1.05 bits per heavy atom. The van der Waals surface area contributed by atoms with Crippen LogP contribution in [-0.4, -0.2) is 51.8 Å². The highest BCUT2D eigenvalue weighted by atomic mass is 16.4. The van der Waals surface area contributed by atoms with Crippen LogP contribution in [0.2, 0.25) is 0 Å². The van der Waals surface area contributed by atoms with Crippen molar-refractivity contribution in [1.29, 1.82) is 0 Å². The number of primary amides is 1. The number of aliphatic carboxylic acids is 3. The highest BCUT2D eigenvalue weighted by Crippen LogP contribution is 1.92. The number of carboxylic acids is 3. The molecule has 0 saturated heterocycles. The molecule has 114 valence electrons. The molecule has 8 N–H and O–H groups in total. The maximum atomic E-state index is 10.2. The molecule has 0 rings (SSSR count). The van der Waals surface area contributed by atoms with E-state index in [9.17, 15) is 19.2 Å². The van der Waals surface area contributed by atoms with E-state index in [1.54, 1.807) is 0 Å². The summed E-state index contributed by atoms with van der Waals surface area (Å²) in [6, 6.07) is -1.47. The number of carbonyl (C=O) groups excluding carboxylic acids is 1. The number of nitrogens with two attached hydrogens (primary N) is 2. The molecule has 1 atom stereocenters. The summed E-state index contributed by atoms with van der Waals surface area (Å²) in [5.74, 6) is -3.55. The summed E-state index contributed by atoms with van der Waals surface area (Å²) in [6.07, 6.45) is 1.96. The van der Waals surface area contributed by atoms with E-state index in [4.69, 9.17) is 26.8 Å². The average molecular weight is 291 g/mol. The largest absolute Gasteiger partial charge is 0.480 e. The summed E-state index contributed by atoms with van der Waals surface area (Å²) in [6.45, 7) is 0.357. The minimum Gasteiger partial charge on any atom is -0.480 e. The Balaban J connectivity index is 0. The Morgan fingerprint density at radius 2 is 1.50 bits per heavy atom. The van der Waals surface area contributed by atoms with E-state index in [1.807, 2.05) is 0 Å². The fourth-order valence-corrected chi connectivity index (χ4v) is 0.800. The molecule has 2 amide bonds. The van der Waals surface area contributed by atoms with Crippen molar-refractivity contribution in [2.75, 3.05) is 6.54 Å². The Bertz CT molecular complexity index is 365. The summed E-state index contributed by atoms with van der Waals surface area (Å²) < 4.78 is 0. The van der Waals surface area contributed by atoms with E-state index in [-0.39, 0.29) is 0 Å².